The van der Waals surface area contributed by atoms with Gasteiger partial charge in [0.15, 0.2) is 6.10 Å². The molecule has 21 heavy (non-hydrogen) atoms. The first-order valence-corrected chi connectivity index (χ1v) is 7.38. The number of hydrogen-bond donors (Lipinski definition) is 2. The summed E-state index contributed by atoms with van der Waals surface area (Å²) < 4.78 is 0. The molecule has 1 aliphatic carbocycles. The number of aliphatic hydroxyl groups is 1. The first-order chi connectivity index (χ1) is 10.1. The van der Waals surface area contributed by atoms with Crippen LogP contribution in [0.2, 0.25) is 0 Å². The maximum absolute atomic E-state index is 12.0. The molecule has 5 nitrogen and oxygen atoms in total. The average molecular weight is 290 g/mol. The minimum Gasteiger partial charge on any atom is -0.381 e. The number of nitrogens with zero attached hydrogens (tertiary/aromatic N) is 1. The number of carbonyl (C=O) groups excluding carboxylic acids is 2. The summed E-state index contributed by atoms with van der Waals surface area (Å²) in [6.07, 6.45) is 2.89. The molecule has 1 aromatic carbocycles. The third kappa shape index (κ3) is 3.82. The predicted molar refractivity (Wildman–Crippen MR) is 80.8 cm³/mol. The summed E-state index contributed by atoms with van der Waals surface area (Å²) in [6, 6.07) is 8.38. The second kappa shape index (κ2) is 7.22. The second-order valence-corrected chi connectivity index (χ2v) is 5.58. The van der Waals surface area contributed by atoms with E-state index in [1.807, 2.05) is 18.2 Å². The Morgan fingerprint density at radius 3 is 2.62 bits per heavy atom. The number of benzene rings is 1. The fourth-order valence-electron chi connectivity index (χ4n) is 2.41. The Hall–Kier alpha value is -1.88. The molecule has 0 saturated heterocycles. The largest absolute Gasteiger partial charge is 0.381 e. The average Bonchev–Trinajstić information content (AvgIpc) is 2.46. The lowest BCUT2D eigenvalue weighted by molar-refractivity contribution is -0.130. The highest BCUT2D eigenvalue weighted by Crippen LogP contribution is 2.25. The van der Waals surface area contributed by atoms with Crippen LogP contribution in [0.3, 0.4) is 0 Å². The van der Waals surface area contributed by atoms with Crippen LogP contribution in [0.15, 0.2) is 30.3 Å². The van der Waals surface area contributed by atoms with E-state index in [-0.39, 0.29) is 0 Å². The summed E-state index contributed by atoms with van der Waals surface area (Å²) >= 11 is 0. The van der Waals surface area contributed by atoms with Gasteiger partial charge < -0.3 is 15.3 Å². The van der Waals surface area contributed by atoms with Crippen molar-refractivity contribution in [2.24, 2.45) is 5.92 Å². The van der Waals surface area contributed by atoms with Crippen LogP contribution in [0, 0.1) is 5.92 Å². The Morgan fingerprint density at radius 1 is 1.43 bits per heavy atom. The Kier molecular flexibility index (Phi) is 5.33. The van der Waals surface area contributed by atoms with Crippen molar-refractivity contribution in [2.75, 3.05) is 11.4 Å². The number of hydrogen-bond acceptors (Lipinski definition) is 3. The number of carbonyl (C=O) groups is 2. The minimum atomic E-state index is -1.24. The van der Waals surface area contributed by atoms with Gasteiger partial charge in [0.25, 0.3) is 5.91 Å². The molecule has 2 unspecified atom stereocenters. The molecule has 0 spiro atoms. The van der Waals surface area contributed by atoms with Crippen molar-refractivity contribution in [3.05, 3.63) is 30.3 Å². The van der Waals surface area contributed by atoms with Gasteiger partial charge in [0, 0.05) is 12.2 Å². The lowest BCUT2D eigenvalue weighted by Gasteiger charge is -2.30. The topological polar surface area (TPSA) is 69.6 Å². The van der Waals surface area contributed by atoms with E-state index in [2.05, 4.69) is 5.32 Å². The summed E-state index contributed by atoms with van der Waals surface area (Å²) in [5, 5.41) is 12.9. The van der Waals surface area contributed by atoms with E-state index in [1.54, 1.807) is 19.1 Å². The van der Waals surface area contributed by atoms with Gasteiger partial charge in [-0.25, -0.2) is 0 Å². The second-order valence-electron chi connectivity index (χ2n) is 5.58. The third-order valence-electron chi connectivity index (χ3n) is 4.12. The molecule has 0 aromatic heterocycles. The van der Waals surface area contributed by atoms with Crippen molar-refractivity contribution in [1.82, 2.24) is 5.32 Å². The molecule has 1 aliphatic rings. The summed E-state index contributed by atoms with van der Waals surface area (Å²) in [6.45, 7) is 2.27. The Bertz CT molecular complexity index is 474. The monoisotopic (exact) mass is 290 g/mol. The van der Waals surface area contributed by atoms with Gasteiger partial charge in [-0.15, -0.1) is 0 Å². The molecule has 1 saturated carbocycles. The fourth-order valence-corrected chi connectivity index (χ4v) is 2.41. The molecular formula is C16H22N2O3. The summed E-state index contributed by atoms with van der Waals surface area (Å²) in [5.74, 6) is 0.116. The van der Waals surface area contributed by atoms with Crippen molar-refractivity contribution >= 4 is 18.0 Å². The van der Waals surface area contributed by atoms with Gasteiger partial charge in [0.05, 0.1) is 6.04 Å². The molecule has 1 fully saturated rings. The van der Waals surface area contributed by atoms with Gasteiger partial charge in [0.1, 0.15) is 0 Å². The van der Waals surface area contributed by atoms with Gasteiger partial charge >= 0.3 is 0 Å². The van der Waals surface area contributed by atoms with Crippen LogP contribution in [-0.4, -0.2) is 36.1 Å². The van der Waals surface area contributed by atoms with Crippen LogP contribution in [0.5, 0.6) is 0 Å². The van der Waals surface area contributed by atoms with Crippen molar-refractivity contribution < 1.29 is 14.7 Å². The van der Waals surface area contributed by atoms with Crippen LogP contribution in [0.1, 0.15) is 26.2 Å². The van der Waals surface area contributed by atoms with Crippen LogP contribution >= 0.6 is 0 Å². The van der Waals surface area contributed by atoms with Gasteiger partial charge in [0.2, 0.25) is 6.41 Å². The number of para-hydroxylation sites is 1. The van der Waals surface area contributed by atoms with Gasteiger partial charge in [-0.05, 0) is 37.8 Å². The number of amides is 2. The predicted octanol–water partition coefficient (Wildman–Crippen LogP) is 1.32. The molecule has 2 amide bonds. The molecule has 0 aliphatic heterocycles. The van der Waals surface area contributed by atoms with Crippen LogP contribution in [0.4, 0.5) is 5.69 Å². The highest BCUT2D eigenvalue weighted by molar-refractivity contribution is 5.84. The van der Waals surface area contributed by atoms with E-state index in [0.717, 1.165) is 12.8 Å². The fraction of sp³-hybridized carbons (Fsp3) is 0.500. The van der Waals surface area contributed by atoms with Crippen molar-refractivity contribution in [3.63, 3.8) is 0 Å². The molecular weight excluding hydrogens is 268 g/mol. The molecule has 1 aromatic rings. The highest BCUT2D eigenvalue weighted by Gasteiger charge is 2.28. The van der Waals surface area contributed by atoms with E-state index in [0.29, 0.717) is 24.6 Å². The molecule has 2 atom stereocenters. The Balaban J connectivity index is 1.94. The number of anilines is 1. The third-order valence-corrected chi connectivity index (χ3v) is 4.12. The summed E-state index contributed by atoms with van der Waals surface area (Å²) in [4.78, 5) is 24.6. The quantitative estimate of drug-likeness (QED) is 0.744. The first kappa shape index (κ1) is 15.5. The molecule has 2 N–H and O–H groups in total. The SMILES string of the molecule is CC(C(O)C(=O)NCC1CCC1)N(C=O)c1ccccc1. The molecule has 5 heteroatoms. The van der Waals surface area contributed by atoms with Crippen LogP contribution in [0.25, 0.3) is 0 Å². The van der Waals surface area contributed by atoms with E-state index < -0.39 is 18.1 Å². The molecule has 0 heterocycles. The van der Waals surface area contributed by atoms with Crippen LogP contribution < -0.4 is 10.2 Å². The highest BCUT2D eigenvalue weighted by atomic mass is 16.3. The van der Waals surface area contributed by atoms with Crippen molar-refractivity contribution in [1.29, 1.82) is 0 Å². The zero-order valence-electron chi connectivity index (χ0n) is 12.2. The van der Waals surface area contributed by atoms with E-state index >= 15 is 0 Å². The summed E-state index contributed by atoms with van der Waals surface area (Å²) in [5.41, 5.74) is 0.658. The Labute approximate surface area is 125 Å². The molecule has 2 rings (SSSR count). The maximum atomic E-state index is 12.0. The van der Waals surface area contributed by atoms with Gasteiger partial charge in [-0.1, -0.05) is 24.6 Å². The smallest absolute Gasteiger partial charge is 0.251 e. The molecule has 0 radical (unpaired) electrons. The Morgan fingerprint density at radius 2 is 2.10 bits per heavy atom. The lowest BCUT2D eigenvalue weighted by atomic mass is 9.85. The number of nitrogens with one attached hydrogen (secondary N) is 1. The van der Waals surface area contributed by atoms with Crippen molar-refractivity contribution in [3.8, 4) is 0 Å². The molecule has 0 bridgehead atoms. The van der Waals surface area contributed by atoms with E-state index in [4.69, 9.17) is 0 Å². The maximum Gasteiger partial charge on any atom is 0.251 e. The summed E-state index contributed by atoms with van der Waals surface area (Å²) in [7, 11) is 0. The number of rotatable bonds is 7. The zero-order chi connectivity index (χ0) is 15.2. The lowest BCUT2D eigenvalue weighted by Crippen LogP contribution is -2.50. The van der Waals surface area contributed by atoms with Gasteiger partial charge in [-0.2, -0.15) is 0 Å². The standard InChI is InChI=1S/C16H22N2O3/c1-12(18(11-19)14-8-3-2-4-9-14)15(20)16(21)17-10-13-6-5-7-13/h2-4,8-9,11-13,15,20H,5-7,10H2,1H3,(H,17,21). The number of aliphatic hydroxyl groups excluding tert-OH is 1. The van der Waals surface area contributed by atoms with E-state index in [1.165, 1.54) is 11.3 Å². The van der Waals surface area contributed by atoms with Crippen molar-refractivity contribution in [2.45, 2.75) is 38.3 Å². The van der Waals surface area contributed by atoms with E-state index in [9.17, 15) is 14.7 Å². The van der Waals surface area contributed by atoms with Gasteiger partial charge in [-0.3, -0.25) is 9.59 Å². The minimum absolute atomic E-state index is 0.419. The first-order valence-electron chi connectivity index (χ1n) is 7.38. The van der Waals surface area contributed by atoms with Crippen LogP contribution in [-0.2, 0) is 9.59 Å². The normalized spacial score (nSPS) is 17.4. The molecule has 114 valence electrons. The zero-order valence-corrected chi connectivity index (χ0v) is 12.2.